The molecule has 0 amide bonds. The predicted molar refractivity (Wildman–Crippen MR) is 50.7 cm³/mol. The zero-order valence-corrected chi connectivity index (χ0v) is 7.78. The van der Waals surface area contributed by atoms with E-state index in [2.05, 4.69) is 0 Å². The fourth-order valence-corrected chi connectivity index (χ4v) is 1.24. The lowest BCUT2D eigenvalue weighted by atomic mass is 10.2. The van der Waals surface area contributed by atoms with Crippen LogP contribution in [0.4, 0.5) is 0 Å². The minimum Gasteiger partial charge on any atom is -0.457 e. The van der Waals surface area contributed by atoms with Gasteiger partial charge >= 0.3 is 0 Å². The molecule has 0 spiro atoms. The van der Waals surface area contributed by atoms with E-state index in [1.165, 1.54) is 0 Å². The summed E-state index contributed by atoms with van der Waals surface area (Å²) < 4.78 is 10.9. The highest BCUT2D eigenvalue weighted by molar-refractivity contribution is 5.59. The number of benzene rings is 1. The van der Waals surface area contributed by atoms with Gasteiger partial charge in [-0.25, -0.2) is 0 Å². The summed E-state index contributed by atoms with van der Waals surface area (Å²) in [5, 5.41) is 0. The summed E-state index contributed by atoms with van der Waals surface area (Å²) in [6.07, 6.45) is 1.66. The zero-order chi connectivity index (χ0) is 9.31. The van der Waals surface area contributed by atoms with Crippen LogP contribution in [0.1, 0.15) is 19.4 Å². The predicted octanol–water partition coefficient (Wildman–Crippen LogP) is 2.77. The molecule has 0 bridgehead atoms. The Morgan fingerprint density at radius 3 is 2.31 bits per heavy atom. The fraction of sp³-hybridized carbons (Fsp3) is 0.273. The molecule has 0 saturated heterocycles. The minimum atomic E-state index is -0.523. The molecule has 68 valence electrons. The van der Waals surface area contributed by atoms with Gasteiger partial charge in [0.15, 0.2) is 5.76 Å². The van der Waals surface area contributed by atoms with Crippen LogP contribution in [0.2, 0.25) is 0 Å². The van der Waals surface area contributed by atoms with Crippen molar-refractivity contribution in [3.63, 3.8) is 0 Å². The number of ether oxygens (including phenoxy) is 2. The Labute approximate surface area is 77.8 Å². The van der Waals surface area contributed by atoms with Gasteiger partial charge in [0, 0.05) is 19.4 Å². The summed E-state index contributed by atoms with van der Waals surface area (Å²) in [6, 6.07) is 9.92. The molecule has 0 unspecified atom stereocenters. The summed E-state index contributed by atoms with van der Waals surface area (Å²) in [6.45, 7) is 3.78. The third-order valence-corrected chi connectivity index (χ3v) is 1.86. The Hall–Kier alpha value is -1.44. The molecule has 2 heteroatoms. The lowest BCUT2D eigenvalue weighted by molar-refractivity contribution is -0.102. The third kappa shape index (κ3) is 1.66. The second kappa shape index (κ2) is 2.80. The van der Waals surface area contributed by atoms with E-state index in [1.54, 1.807) is 6.26 Å². The molecule has 2 rings (SSSR count). The van der Waals surface area contributed by atoms with E-state index in [9.17, 15) is 0 Å². The summed E-state index contributed by atoms with van der Waals surface area (Å²) >= 11 is 0. The number of rotatable bonds is 1. The molecule has 0 saturated carbocycles. The first-order valence-corrected chi connectivity index (χ1v) is 4.30. The van der Waals surface area contributed by atoms with Gasteiger partial charge in [-0.1, -0.05) is 30.3 Å². The van der Waals surface area contributed by atoms with Crippen LogP contribution in [-0.2, 0) is 9.47 Å². The summed E-state index contributed by atoms with van der Waals surface area (Å²) in [5.41, 5.74) is 1.05. The quantitative estimate of drug-likeness (QED) is 0.655. The second-order valence-corrected chi connectivity index (χ2v) is 3.47. The number of hydrogen-bond acceptors (Lipinski definition) is 2. The fourth-order valence-electron chi connectivity index (χ4n) is 1.24. The first kappa shape index (κ1) is 8.17. The highest BCUT2D eigenvalue weighted by Gasteiger charge is 2.27. The van der Waals surface area contributed by atoms with Gasteiger partial charge in [-0.15, -0.1) is 0 Å². The van der Waals surface area contributed by atoms with Gasteiger partial charge in [-0.3, -0.25) is 0 Å². The molecule has 0 atom stereocenters. The first-order chi connectivity index (χ1) is 6.17. The summed E-state index contributed by atoms with van der Waals surface area (Å²) in [4.78, 5) is 0. The Balaban J connectivity index is 2.22. The van der Waals surface area contributed by atoms with Crippen LogP contribution in [0.3, 0.4) is 0 Å². The highest BCUT2D eigenvalue weighted by Crippen LogP contribution is 2.30. The first-order valence-electron chi connectivity index (χ1n) is 4.30. The summed E-state index contributed by atoms with van der Waals surface area (Å²) in [5.74, 6) is 0.274. The molecule has 0 N–H and O–H groups in total. The van der Waals surface area contributed by atoms with E-state index < -0.39 is 5.79 Å². The highest BCUT2D eigenvalue weighted by atomic mass is 16.7. The Bertz CT molecular complexity index is 325. The zero-order valence-electron chi connectivity index (χ0n) is 7.78. The lowest BCUT2D eigenvalue weighted by Gasteiger charge is -2.18. The largest absolute Gasteiger partial charge is 0.457 e. The average molecular weight is 176 g/mol. The van der Waals surface area contributed by atoms with Crippen LogP contribution in [0.25, 0.3) is 5.76 Å². The minimum absolute atomic E-state index is 0.523. The van der Waals surface area contributed by atoms with Gasteiger partial charge in [-0.2, -0.15) is 0 Å². The smallest absolute Gasteiger partial charge is 0.245 e. The molecule has 0 fully saturated rings. The van der Waals surface area contributed by atoms with Gasteiger partial charge in [0.25, 0.3) is 0 Å². The average Bonchev–Trinajstić information content (AvgIpc) is 2.48. The van der Waals surface area contributed by atoms with Crippen molar-refractivity contribution in [1.82, 2.24) is 0 Å². The van der Waals surface area contributed by atoms with Crippen molar-refractivity contribution in [2.75, 3.05) is 0 Å². The van der Waals surface area contributed by atoms with Crippen molar-refractivity contribution in [3.05, 3.63) is 42.2 Å². The lowest BCUT2D eigenvalue weighted by Crippen LogP contribution is -2.19. The Kier molecular flexibility index (Phi) is 1.76. The topological polar surface area (TPSA) is 18.5 Å². The molecular formula is C11H12O2. The van der Waals surface area contributed by atoms with Gasteiger partial charge in [-0.05, 0) is 0 Å². The molecule has 1 aliphatic heterocycles. The molecule has 0 aliphatic carbocycles. The molecule has 2 nitrogen and oxygen atoms in total. The maximum Gasteiger partial charge on any atom is 0.245 e. The molecule has 1 aliphatic rings. The second-order valence-electron chi connectivity index (χ2n) is 3.47. The standard InChI is InChI=1S/C11H12O2/c1-11(2)12-8-10(13-11)9-6-4-3-5-7-9/h3-8H,1-2H3. The van der Waals surface area contributed by atoms with Gasteiger partial charge < -0.3 is 9.47 Å². The third-order valence-electron chi connectivity index (χ3n) is 1.86. The maximum absolute atomic E-state index is 5.57. The monoisotopic (exact) mass is 176 g/mol. The maximum atomic E-state index is 5.57. The molecule has 1 aromatic rings. The van der Waals surface area contributed by atoms with E-state index in [0.29, 0.717) is 0 Å². The van der Waals surface area contributed by atoms with E-state index in [0.717, 1.165) is 11.3 Å². The van der Waals surface area contributed by atoms with E-state index in [1.807, 2.05) is 44.2 Å². The van der Waals surface area contributed by atoms with Crippen molar-refractivity contribution < 1.29 is 9.47 Å². The van der Waals surface area contributed by atoms with Gasteiger partial charge in [0.1, 0.15) is 6.26 Å². The van der Waals surface area contributed by atoms with E-state index in [4.69, 9.17) is 9.47 Å². The van der Waals surface area contributed by atoms with Crippen LogP contribution in [0.5, 0.6) is 0 Å². The van der Waals surface area contributed by atoms with Crippen LogP contribution >= 0.6 is 0 Å². The van der Waals surface area contributed by atoms with Crippen molar-refractivity contribution >= 4 is 5.76 Å². The molecule has 1 aromatic carbocycles. The van der Waals surface area contributed by atoms with Crippen LogP contribution < -0.4 is 0 Å². The van der Waals surface area contributed by atoms with Gasteiger partial charge in [0.2, 0.25) is 5.79 Å². The SMILES string of the molecule is CC1(C)OC=C(c2ccccc2)O1. The van der Waals surface area contributed by atoms with Crippen molar-refractivity contribution in [3.8, 4) is 0 Å². The molecule has 1 heterocycles. The molecule has 13 heavy (non-hydrogen) atoms. The van der Waals surface area contributed by atoms with Crippen molar-refractivity contribution in [2.45, 2.75) is 19.6 Å². The van der Waals surface area contributed by atoms with E-state index in [-0.39, 0.29) is 0 Å². The van der Waals surface area contributed by atoms with Crippen molar-refractivity contribution in [2.24, 2.45) is 0 Å². The van der Waals surface area contributed by atoms with Crippen LogP contribution in [0.15, 0.2) is 36.6 Å². The van der Waals surface area contributed by atoms with E-state index >= 15 is 0 Å². The Morgan fingerprint density at radius 1 is 1.08 bits per heavy atom. The number of hydrogen-bond donors (Lipinski definition) is 0. The normalized spacial score (nSPS) is 18.8. The summed E-state index contributed by atoms with van der Waals surface area (Å²) in [7, 11) is 0. The molecule has 0 aromatic heterocycles. The molecular weight excluding hydrogens is 164 g/mol. The van der Waals surface area contributed by atoms with Gasteiger partial charge in [0.05, 0.1) is 0 Å². The van der Waals surface area contributed by atoms with Crippen LogP contribution in [-0.4, -0.2) is 5.79 Å². The van der Waals surface area contributed by atoms with Crippen LogP contribution in [0, 0.1) is 0 Å². The molecule has 0 radical (unpaired) electrons. The van der Waals surface area contributed by atoms with Crippen molar-refractivity contribution in [1.29, 1.82) is 0 Å². The Morgan fingerprint density at radius 2 is 1.77 bits per heavy atom.